The van der Waals surface area contributed by atoms with Crippen molar-refractivity contribution in [2.75, 3.05) is 26.2 Å². The Hall–Kier alpha value is -0.480. The summed E-state index contributed by atoms with van der Waals surface area (Å²) in [6, 6.07) is 3.90. The van der Waals surface area contributed by atoms with Gasteiger partial charge in [-0.2, -0.15) is 0 Å². The van der Waals surface area contributed by atoms with Crippen molar-refractivity contribution in [1.82, 2.24) is 10.2 Å². The molecule has 106 valence electrons. The zero-order valence-corrected chi connectivity index (χ0v) is 12.9. The van der Waals surface area contributed by atoms with E-state index in [1.54, 1.807) is 0 Å². The highest BCUT2D eigenvalue weighted by molar-refractivity contribution is 6.37. The van der Waals surface area contributed by atoms with E-state index in [1.165, 1.54) is 0 Å². The van der Waals surface area contributed by atoms with Crippen LogP contribution in [0.25, 0.3) is 0 Å². The van der Waals surface area contributed by atoms with Crippen molar-refractivity contribution in [3.05, 3.63) is 27.7 Å². The standard InChI is InChI=1S/C14H20Cl2N2O/c1-10(2)19-14-12(15)7-11(8-13(14)16)9-18-5-3-17-4-6-18/h7-8,10,17H,3-6,9H2,1-2H3. The van der Waals surface area contributed by atoms with E-state index < -0.39 is 0 Å². The Kier molecular flexibility index (Phi) is 5.34. The van der Waals surface area contributed by atoms with E-state index in [9.17, 15) is 0 Å². The highest BCUT2D eigenvalue weighted by Gasteiger charge is 2.14. The third-order valence-electron chi connectivity index (χ3n) is 3.03. The Morgan fingerprint density at radius 1 is 1.21 bits per heavy atom. The molecule has 19 heavy (non-hydrogen) atoms. The zero-order chi connectivity index (χ0) is 13.8. The lowest BCUT2D eigenvalue weighted by atomic mass is 10.2. The molecule has 3 nitrogen and oxygen atoms in total. The fraction of sp³-hybridized carbons (Fsp3) is 0.571. The number of hydrogen-bond donors (Lipinski definition) is 1. The normalized spacial score (nSPS) is 16.9. The molecule has 0 spiro atoms. The maximum absolute atomic E-state index is 6.26. The van der Waals surface area contributed by atoms with Crippen LogP contribution in [0.5, 0.6) is 5.75 Å². The molecule has 0 amide bonds. The van der Waals surface area contributed by atoms with Crippen molar-refractivity contribution in [2.24, 2.45) is 0 Å². The van der Waals surface area contributed by atoms with E-state index in [1.807, 2.05) is 26.0 Å². The summed E-state index contributed by atoms with van der Waals surface area (Å²) in [7, 11) is 0. The molecule has 1 N–H and O–H groups in total. The van der Waals surface area contributed by atoms with Gasteiger partial charge in [0.15, 0.2) is 5.75 Å². The first-order chi connectivity index (χ1) is 9.06. The van der Waals surface area contributed by atoms with Crippen LogP contribution in [0.1, 0.15) is 19.4 Å². The summed E-state index contributed by atoms with van der Waals surface area (Å²) in [4.78, 5) is 2.39. The average Bonchev–Trinajstić information content (AvgIpc) is 2.35. The summed E-state index contributed by atoms with van der Waals surface area (Å²) >= 11 is 12.5. The predicted molar refractivity (Wildman–Crippen MR) is 80.4 cm³/mol. The van der Waals surface area contributed by atoms with Gasteiger partial charge in [0, 0.05) is 32.7 Å². The molecule has 0 aromatic heterocycles. The molecule has 0 aliphatic carbocycles. The smallest absolute Gasteiger partial charge is 0.156 e. The van der Waals surface area contributed by atoms with Crippen LogP contribution in [0.15, 0.2) is 12.1 Å². The van der Waals surface area contributed by atoms with Crippen LogP contribution >= 0.6 is 23.2 Å². The molecule has 1 aromatic carbocycles. The van der Waals surface area contributed by atoms with E-state index in [0.717, 1.165) is 38.3 Å². The largest absolute Gasteiger partial charge is 0.488 e. The van der Waals surface area contributed by atoms with Crippen molar-refractivity contribution in [2.45, 2.75) is 26.5 Å². The second-order valence-corrected chi connectivity index (χ2v) is 5.90. The number of hydrogen-bond acceptors (Lipinski definition) is 3. The number of halogens is 2. The summed E-state index contributed by atoms with van der Waals surface area (Å²) in [5.41, 5.74) is 1.13. The first-order valence-corrected chi connectivity index (χ1v) is 7.39. The van der Waals surface area contributed by atoms with Gasteiger partial charge in [-0.25, -0.2) is 0 Å². The van der Waals surface area contributed by atoms with Gasteiger partial charge in [0.2, 0.25) is 0 Å². The summed E-state index contributed by atoms with van der Waals surface area (Å²) in [6.07, 6.45) is 0.0639. The minimum absolute atomic E-state index is 0.0639. The predicted octanol–water partition coefficient (Wildman–Crippen LogP) is 3.19. The van der Waals surface area contributed by atoms with Crippen molar-refractivity contribution < 1.29 is 4.74 Å². The first-order valence-electron chi connectivity index (χ1n) is 6.64. The highest BCUT2D eigenvalue weighted by atomic mass is 35.5. The van der Waals surface area contributed by atoms with Gasteiger partial charge in [0.05, 0.1) is 16.1 Å². The molecule has 2 rings (SSSR count). The Morgan fingerprint density at radius 3 is 2.32 bits per heavy atom. The van der Waals surface area contributed by atoms with Crippen LogP contribution in [-0.4, -0.2) is 37.2 Å². The van der Waals surface area contributed by atoms with Gasteiger partial charge in [-0.15, -0.1) is 0 Å². The number of rotatable bonds is 4. The van der Waals surface area contributed by atoms with Crippen LogP contribution in [0.2, 0.25) is 10.0 Å². The van der Waals surface area contributed by atoms with Gasteiger partial charge in [-0.05, 0) is 31.5 Å². The summed E-state index contributed by atoms with van der Waals surface area (Å²) in [6.45, 7) is 8.98. The number of benzene rings is 1. The molecular weight excluding hydrogens is 283 g/mol. The topological polar surface area (TPSA) is 24.5 Å². The Bertz CT molecular complexity index is 408. The van der Waals surface area contributed by atoms with Crippen molar-refractivity contribution in [3.8, 4) is 5.75 Å². The van der Waals surface area contributed by atoms with Gasteiger partial charge < -0.3 is 10.1 Å². The second kappa shape index (κ2) is 6.80. The maximum Gasteiger partial charge on any atom is 0.156 e. The molecule has 1 aliphatic heterocycles. The van der Waals surface area contributed by atoms with E-state index in [4.69, 9.17) is 27.9 Å². The van der Waals surface area contributed by atoms with Crippen LogP contribution in [0, 0.1) is 0 Å². The quantitative estimate of drug-likeness (QED) is 0.924. The van der Waals surface area contributed by atoms with Crippen LogP contribution in [0.4, 0.5) is 0 Å². The first kappa shape index (κ1) is 14.9. The van der Waals surface area contributed by atoms with Crippen molar-refractivity contribution in [3.63, 3.8) is 0 Å². The SMILES string of the molecule is CC(C)Oc1c(Cl)cc(CN2CCNCC2)cc1Cl. The van der Waals surface area contributed by atoms with E-state index in [2.05, 4.69) is 10.2 Å². The molecule has 0 radical (unpaired) electrons. The molecule has 0 unspecified atom stereocenters. The third-order valence-corrected chi connectivity index (χ3v) is 3.59. The molecule has 1 aromatic rings. The fourth-order valence-electron chi connectivity index (χ4n) is 2.18. The average molecular weight is 303 g/mol. The second-order valence-electron chi connectivity index (χ2n) is 5.08. The van der Waals surface area contributed by atoms with Crippen LogP contribution < -0.4 is 10.1 Å². The van der Waals surface area contributed by atoms with Gasteiger partial charge in [0.25, 0.3) is 0 Å². The molecule has 0 atom stereocenters. The number of piperazine rings is 1. The van der Waals surface area contributed by atoms with Gasteiger partial charge in [-0.1, -0.05) is 23.2 Å². The highest BCUT2D eigenvalue weighted by Crippen LogP contribution is 2.35. The summed E-state index contributed by atoms with van der Waals surface area (Å²) < 4.78 is 5.63. The van der Waals surface area contributed by atoms with Gasteiger partial charge in [-0.3, -0.25) is 4.90 Å². The van der Waals surface area contributed by atoms with E-state index in [0.29, 0.717) is 15.8 Å². The molecule has 1 heterocycles. The van der Waals surface area contributed by atoms with Gasteiger partial charge in [0.1, 0.15) is 0 Å². The summed E-state index contributed by atoms with van der Waals surface area (Å²) in [5, 5.41) is 4.52. The van der Waals surface area contributed by atoms with Gasteiger partial charge >= 0.3 is 0 Å². The lowest BCUT2D eigenvalue weighted by molar-refractivity contribution is 0.232. The fourth-order valence-corrected chi connectivity index (χ4v) is 2.80. The summed E-state index contributed by atoms with van der Waals surface area (Å²) in [5.74, 6) is 0.586. The number of nitrogens with zero attached hydrogens (tertiary/aromatic N) is 1. The minimum atomic E-state index is 0.0639. The van der Waals surface area contributed by atoms with E-state index in [-0.39, 0.29) is 6.10 Å². The van der Waals surface area contributed by atoms with Crippen molar-refractivity contribution in [1.29, 1.82) is 0 Å². The lowest BCUT2D eigenvalue weighted by Crippen LogP contribution is -2.42. The van der Waals surface area contributed by atoms with Crippen LogP contribution in [-0.2, 0) is 6.54 Å². The monoisotopic (exact) mass is 302 g/mol. The van der Waals surface area contributed by atoms with Crippen molar-refractivity contribution >= 4 is 23.2 Å². The Labute approximate surface area is 124 Å². The number of nitrogens with one attached hydrogen (secondary N) is 1. The molecule has 5 heteroatoms. The number of ether oxygens (including phenoxy) is 1. The lowest BCUT2D eigenvalue weighted by Gasteiger charge is -2.27. The molecule has 0 saturated carbocycles. The Balaban J connectivity index is 2.10. The van der Waals surface area contributed by atoms with Crippen LogP contribution in [0.3, 0.4) is 0 Å². The Morgan fingerprint density at radius 2 is 1.79 bits per heavy atom. The maximum atomic E-state index is 6.26. The molecule has 1 aliphatic rings. The molecular formula is C14H20Cl2N2O. The molecule has 1 saturated heterocycles. The zero-order valence-electron chi connectivity index (χ0n) is 11.4. The third kappa shape index (κ3) is 4.25. The minimum Gasteiger partial charge on any atom is -0.488 e. The van der Waals surface area contributed by atoms with E-state index >= 15 is 0 Å². The molecule has 1 fully saturated rings. The molecule has 0 bridgehead atoms.